The van der Waals surface area contributed by atoms with Gasteiger partial charge in [0.05, 0.1) is 10.6 Å². The van der Waals surface area contributed by atoms with Crippen LogP contribution in [-0.4, -0.2) is 27.5 Å². The van der Waals surface area contributed by atoms with Gasteiger partial charge in [0.2, 0.25) is 0 Å². The van der Waals surface area contributed by atoms with E-state index in [4.69, 9.17) is 4.74 Å². The minimum Gasteiger partial charge on any atom is -0.483 e. The maximum atomic E-state index is 13.1. The Labute approximate surface area is 195 Å². The van der Waals surface area contributed by atoms with Crippen LogP contribution in [0, 0.1) is 0 Å². The molecule has 1 atom stereocenters. The van der Waals surface area contributed by atoms with Crippen LogP contribution in [0.15, 0.2) is 77.7 Å². The van der Waals surface area contributed by atoms with Gasteiger partial charge in [-0.25, -0.2) is 8.42 Å². The predicted molar refractivity (Wildman–Crippen MR) is 130 cm³/mol. The molecule has 1 amide bonds. The van der Waals surface area contributed by atoms with Crippen LogP contribution in [0.4, 0.5) is 11.4 Å². The molecule has 0 aromatic heterocycles. The molecule has 0 radical (unpaired) electrons. The molecule has 33 heavy (non-hydrogen) atoms. The molecular weight excluding hydrogens is 436 g/mol. The summed E-state index contributed by atoms with van der Waals surface area (Å²) < 4.78 is 33.4. The van der Waals surface area contributed by atoms with Crippen LogP contribution in [0.2, 0.25) is 0 Å². The van der Waals surface area contributed by atoms with Crippen molar-refractivity contribution in [2.75, 3.05) is 22.8 Å². The molecule has 0 fully saturated rings. The number of benzene rings is 3. The number of sulfonamides is 1. The van der Waals surface area contributed by atoms with Crippen LogP contribution in [-0.2, 0) is 21.2 Å². The molecule has 7 heteroatoms. The minimum atomic E-state index is -3.66. The zero-order valence-corrected chi connectivity index (χ0v) is 19.6. The Morgan fingerprint density at radius 3 is 2.48 bits per heavy atom. The Kier molecular flexibility index (Phi) is 6.70. The minimum absolute atomic E-state index is 0.127. The second kappa shape index (κ2) is 9.67. The number of carbonyl (C=O) groups excluding carboxylic acids is 1. The summed E-state index contributed by atoms with van der Waals surface area (Å²) in [7, 11) is -3.66. The first-order chi connectivity index (χ1) is 15.9. The summed E-state index contributed by atoms with van der Waals surface area (Å²) in [5, 5.41) is 2.77. The van der Waals surface area contributed by atoms with E-state index in [-0.39, 0.29) is 17.4 Å². The highest BCUT2D eigenvalue weighted by Crippen LogP contribution is 2.33. The molecule has 0 unspecified atom stereocenters. The zero-order valence-electron chi connectivity index (χ0n) is 18.8. The third-order valence-corrected chi connectivity index (χ3v) is 7.82. The Balaban J connectivity index is 1.40. The van der Waals surface area contributed by atoms with Gasteiger partial charge in [-0.3, -0.25) is 9.10 Å². The maximum absolute atomic E-state index is 13.1. The molecule has 0 saturated carbocycles. The number of rotatable bonds is 8. The van der Waals surface area contributed by atoms with Gasteiger partial charge in [0.25, 0.3) is 15.9 Å². The first kappa shape index (κ1) is 22.9. The molecule has 0 bridgehead atoms. The number of amides is 1. The second-order valence-corrected chi connectivity index (χ2v) is 10.0. The number of fused-ring (bicyclic) bond motifs is 1. The molecule has 1 N–H and O–H groups in total. The van der Waals surface area contributed by atoms with Gasteiger partial charge in [0.1, 0.15) is 5.75 Å². The van der Waals surface area contributed by atoms with Crippen molar-refractivity contribution < 1.29 is 17.9 Å². The smallest absolute Gasteiger partial charge is 0.264 e. The normalized spacial score (nSPS) is 13.9. The molecule has 0 saturated heterocycles. The van der Waals surface area contributed by atoms with Gasteiger partial charge in [-0.1, -0.05) is 50.2 Å². The fourth-order valence-electron chi connectivity index (χ4n) is 3.97. The highest BCUT2D eigenvalue weighted by molar-refractivity contribution is 7.92. The number of anilines is 2. The number of hydrogen-bond donors (Lipinski definition) is 1. The Bertz CT molecular complexity index is 1240. The molecule has 3 aromatic carbocycles. The molecule has 1 heterocycles. The van der Waals surface area contributed by atoms with Crippen molar-refractivity contribution in [1.29, 1.82) is 0 Å². The molecule has 4 rings (SSSR count). The molecule has 1 aliphatic heterocycles. The van der Waals surface area contributed by atoms with Gasteiger partial charge in [-0.05, 0) is 66.3 Å². The van der Waals surface area contributed by atoms with E-state index in [9.17, 15) is 13.2 Å². The number of nitrogens with one attached hydrogen (secondary N) is 1. The van der Waals surface area contributed by atoms with E-state index < -0.39 is 10.0 Å². The molecular formula is C26H28N2O4S. The summed E-state index contributed by atoms with van der Waals surface area (Å²) in [5.41, 5.74) is 3.34. The van der Waals surface area contributed by atoms with Crippen molar-refractivity contribution in [3.05, 3.63) is 83.9 Å². The molecule has 0 aliphatic carbocycles. The first-order valence-corrected chi connectivity index (χ1v) is 12.6. The topological polar surface area (TPSA) is 75.7 Å². The Morgan fingerprint density at radius 1 is 1.03 bits per heavy atom. The number of hydrogen-bond acceptors (Lipinski definition) is 4. The molecule has 0 spiro atoms. The quantitative estimate of drug-likeness (QED) is 0.511. The number of ether oxygens (including phenoxy) is 1. The van der Waals surface area contributed by atoms with E-state index in [1.165, 1.54) is 16.4 Å². The van der Waals surface area contributed by atoms with Crippen LogP contribution in [0.1, 0.15) is 37.3 Å². The van der Waals surface area contributed by atoms with E-state index in [0.29, 0.717) is 30.3 Å². The van der Waals surface area contributed by atoms with Crippen molar-refractivity contribution in [2.45, 2.75) is 37.5 Å². The van der Waals surface area contributed by atoms with Crippen molar-refractivity contribution in [3.63, 3.8) is 0 Å². The SMILES string of the molecule is CC[C@@H](C)c1ccccc1OCC(=O)Nc1ccc(S(=O)(=O)N2CCc3ccccc32)cc1. The summed E-state index contributed by atoms with van der Waals surface area (Å²) >= 11 is 0. The van der Waals surface area contributed by atoms with Gasteiger partial charge in [-0.15, -0.1) is 0 Å². The standard InChI is InChI=1S/C26H28N2O4S/c1-3-19(2)23-9-5-7-11-25(23)32-18-26(29)27-21-12-14-22(15-13-21)33(30,31)28-17-16-20-8-4-6-10-24(20)28/h4-15,19H,3,16-18H2,1-2H3,(H,27,29)/t19-/m1/s1. The third-order valence-electron chi connectivity index (χ3n) is 5.99. The van der Waals surface area contributed by atoms with E-state index in [0.717, 1.165) is 23.2 Å². The number of para-hydroxylation sites is 2. The largest absolute Gasteiger partial charge is 0.483 e. The summed E-state index contributed by atoms with van der Waals surface area (Å²) in [4.78, 5) is 12.6. The highest BCUT2D eigenvalue weighted by atomic mass is 32.2. The molecule has 3 aromatic rings. The summed E-state index contributed by atoms with van der Waals surface area (Å²) in [6.45, 7) is 4.53. The van der Waals surface area contributed by atoms with Crippen molar-refractivity contribution in [2.24, 2.45) is 0 Å². The van der Waals surface area contributed by atoms with E-state index in [2.05, 4.69) is 19.2 Å². The fraction of sp³-hybridized carbons (Fsp3) is 0.269. The van der Waals surface area contributed by atoms with Crippen LogP contribution in [0.5, 0.6) is 5.75 Å². The Hall–Kier alpha value is -3.32. The summed E-state index contributed by atoms with van der Waals surface area (Å²) in [6.07, 6.45) is 1.68. The summed E-state index contributed by atoms with van der Waals surface area (Å²) in [5.74, 6) is 0.730. The van der Waals surface area contributed by atoms with Crippen LogP contribution < -0.4 is 14.4 Å². The highest BCUT2D eigenvalue weighted by Gasteiger charge is 2.30. The van der Waals surface area contributed by atoms with Gasteiger partial charge in [0.15, 0.2) is 6.61 Å². The fourth-order valence-corrected chi connectivity index (χ4v) is 5.48. The van der Waals surface area contributed by atoms with E-state index in [1.807, 2.05) is 48.5 Å². The lowest BCUT2D eigenvalue weighted by atomic mass is 9.98. The number of nitrogens with zero attached hydrogens (tertiary/aromatic N) is 1. The number of carbonyl (C=O) groups is 1. The molecule has 172 valence electrons. The molecule has 1 aliphatic rings. The first-order valence-electron chi connectivity index (χ1n) is 11.1. The van der Waals surface area contributed by atoms with E-state index >= 15 is 0 Å². The van der Waals surface area contributed by atoms with E-state index in [1.54, 1.807) is 12.1 Å². The van der Waals surface area contributed by atoms with Crippen molar-refractivity contribution in [3.8, 4) is 5.75 Å². The van der Waals surface area contributed by atoms with Gasteiger partial charge < -0.3 is 10.1 Å². The summed E-state index contributed by atoms with van der Waals surface area (Å²) in [6, 6.07) is 21.5. The van der Waals surface area contributed by atoms with Crippen LogP contribution in [0.3, 0.4) is 0 Å². The average Bonchev–Trinajstić information content (AvgIpc) is 3.28. The molecule has 6 nitrogen and oxygen atoms in total. The second-order valence-electron chi connectivity index (χ2n) is 8.16. The maximum Gasteiger partial charge on any atom is 0.264 e. The monoisotopic (exact) mass is 464 g/mol. The zero-order chi connectivity index (χ0) is 23.4. The predicted octanol–water partition coefficient (Wildman–Crippen LogP) is 4.97. The van der Waals surface area contributed by atoms with Gasteiger partial charge in [0, 0.05) is 12.2 Å². The lowest BCUT2D eigenvalue weighted by Gasteiger charge is -2.19. The lowest BCUT2D eigenvalue weighted by Crippen LogP contribution is -2.29. The van der Waals surface area contributed by atoms with Crippen LogP contribution >= 0.6 is 0 Å². The van der Waals surface area contributed by atoms with Gasteiger partial charge in [-0.2, -0.15) is 0 Å². The third kappa shape index (κ3) is 4.88. The lowest BCUT2D eigenvalue weighted by molar-refractivity contribution is -0.118. The van der Waals surface area contributed by atoms with Gasteiger partial charge >= 0.3 is 0 Å². The van der Waals surface area contributed by atoms with Crippen molar-refractivity contribution in [1.82, 2.24) is 0 Å². The average molecular weight is 465 g/mol. The van der Waals surface area contributed by atoms with Crippen molar-refractivity contribution >= 4 is 27.3 Å². The van der Waals surface area contributed by atoms with Crippen LogP contribution in [0.25, 0.3) is 0 Å². The Morgan fingerprint density at radius 2 is 1.73 bits per heavy atom.